The van der Waals surface area contributed by atoms with Gasteiger partial charge in [0.05, 0.1) is 16.1 Å². The lowest BCUT2D eigenvalue weighted by atomic mass is 10.1. The van der Waals surface area contributed by atoms with Gasteiger partial charge in [-0.25, -0.2) is 17.6 Å². The first-order valence-electron chi connectivity index (χ1n) is 11.5. The molecule has 0 radical (unpaired) electrons. The number of rotatable bonds is 8. The Morgan fingerprint density at radius 1 is 1.00 bits per heavy atom. The number of carbonyl (C=O) groups is 1. The maximum absolute atomic E-state index is 14.0. The maximum Gasteiger partial charge on any atom is 0.337 e. The summed E-state index contributed by atoms with van der Waals surface area (Å²) in [7, 11) is -3.94. The second-order valence-corrected chi connectivity index (χ2v) is 10.2. The quantitative estimate of drug-likeness (QED) is 0.485. The number of aromatic carboxylic acids is 1. The fourth-order valence-corrected chi connectivity index (χ4v) is 5.21. The highest BCUT2D eigenvalue weighted by Crippen LogP contribution is 2.27. The molecule has 1 fully saturated rings. The summed E-state index contributed by atoms with van der Waals surface area (Å²) >= 11 is 0. The van der Waals surface area contributed by atoms with Gasteiger partial charge in [0.2, 0.25) is 0 Å². The summed E-state index contributed by atoms with van der Waals surface area (Å²) in [5.41, 5.74) is 2.25. The van der Waals surface area contributed by atoms with Gasteiger partial charge in [-0.15, -0.1) is 0 Å². The Hall–Kier alpha value is -3.43. The summed E-state index contributed by atoms with van der Waals surface area (Å²) in [5, 5.41) is 9.76. The van der Waals surface area contributed by atoms with Gasteiger partial charge >= 0.3 is 5.97 Å². The van der Waals surface area contributed by atoms with E-state index in [1.54, 1.807) is 30.3 Å². The molecule has 1 aliphatic rings. The molecule has 0 spiro atoms. The van der Waals surface area contributed by atoms with Crippen LogP contribution in [0.3, 0.4) is 0 Å². The molecule has 0 saturated carbocycles. The Morgan fingerprint density at radius 2 is 1.69 bits per heavy atom. The summed E-state index contributed by atoms with van der Waals surface area (Å²) in [6.07, 6.45) is 0.787. The van der Waals surface area contributed by atoms with Crippen molar-refractivity contribution in [1.29, 1.82) is 0 Å². The van der Waals surface area contributed by atoms with Crippen LogP contribution < -0.4 is 9.62 Å². The molecule has 0 aliphatic carbocycles. The first kappa shape index (κ1) is 24.7. The number of sulfonamides is 1. The van der Waals surface area contributed by atoms with Crippen molar-refractivity contribution >= 4 is 27.4 Å². The van der Waals surface area contributed by atoms with Crippen LogP contribution in [0.4, 0.5) is 15.8 Å². The molecule has 0 atom stereocenters. The number of nitrogens with one attached hydrogen (secondary N) is 1. The standard InChI is InChI=1S/C26H28FN3O4S/c1-2-19-7-10-22(11-8-19)35(33,34)28-25-12-9-21(17-23(25)26(31)32)30-15-13-29(14-16-30)18-20-5-3-4-6-24(20)27/h3-12,17,28H,2,13-16,18H2,1H3,(H,31,32). The van der Waals surface area contributed by atoms with Crippen LogP contribution >= 0.6 is 0 Å². The lowest BCUT2D eigenvalue weighted by molar-refractivity contribution is 0.0698. The van der Waals surface area contributed by atoms with Crippen LogP contribution in [-0.2, 0) is 23.0 Å². The summed E-state index contributed by atoms with van der Waals surface area (Å²) in [6.45, 7) is 5.16. The SMILES string of the molecule is CCc1ccc(S(=O)(=O)Nc2ccc(N3CCN(Cc4ccccc4F)CC3)cc2C(=O)O)cc1. The van der Waals surface area contributed by atoms with E-state index in [0.29, 0.717) is 44.0 Å². The van der Waals surface area contributed by atoms with E-state index in [1.165, 1.54) is 30.3 Å². The third-order valence-corrected chi connectivity index (χ3v) is 7.59. The Kier molecular flexibility index (Phi) is 7.37. The highest BCUT2D eigenvalue weighted by molar-refractivity contribution is 7.92. The summed E-state index contributed by atoms with van der Waals surface area (Å²) in [6, 6.07) is 17.9. The van der Waals surface area contributed by atoms with Crippen LogP contribution in [0.2, 0.25) is 0 Å². The van der Waals surface area contributed by atoms with Crippen molar-refractivity contribution in [2.75, 3.05) is 35.8 Å². The van der Waals surface area contributed by atoms with Crippen LogP contribution in [0.1, 0.15) is 28.4 Å². The number of carboxylic acid groups (broad SMARTS) is 1. The van der Waals surface area contributed by atoms with Crippen LogP contribution in [0.25, 0.3) is 0 Å². The number of carboxylic acids is 1. The van der Waals surface area contributed by atoms with E-state index in [0.717, 1.165) is 12.0 Å². The molecule has 184 valence electrons. The van der Waals surface area contributed by atoms with Gasteiger partial charge in [0.15, 0.2) is 0 Å². The van der Waals surface area contributed by atoms with Gasteiger partial charge in [0.1, 0.15) is 5.82 Å². The number of aryl methyl sites for hydroxylation is 1. The van der Waals surface area contributed by atoms with Crippen molar-refractivity contribution in [2.45, 2.75) is 24.8 Å². The average Bonchev–Trinajstić information content (AvgIpc) is 2.86. The smallest absolute Gasteiger partial charge is 0.337 e. The molecule has 1 aliphatic heterocycles. The Labute approximate surface area is 204 Å². The lowest BCUT2D eigenvalue weighted by Gasteiger charge is -2.36. The van der Waals surface area contributed by atoms with Gasteiger partial charge in [0.25, 0.3) is 10.0 Å². The normalized spacial score (nSPS) is 14.6. The Bertz CT molecular complexity index is 1300. The van der Waals surface area contributed by atoms with Crippen molar-refractivity contribution in [2.24, 2.45) is 0 Å². The number of benzene rings is 3. The number of nitrogens with zero attached hydrogens (tertiary/aromatic N) is 2. The van der Waals surface area contributed by atoms with E-state index in [9.17, 15) is 22.7 Å². The molecule has 7 nitrogen and oxygen atoms in total. The first-order chi connectivity index (χ1) is 16.8. The number of halogens is 1. The fourth-order valence-electron chi connectivity index (χ4n) is 4.13. The molecular formula is C26H28FN3O4S. The van der Waals surface area contributed by atoms with Gasteiger partial charge in [0, 0.05) is 44.0 Å². The maximum atomic E-state index is 14.0. The van der Waals surface area contributed by atoms with Gasteiger partial charge in [-0.05, 0) is 48.4 Å². The van der Waals surface area contributed by atoms with Gasteiger partial charge in [-0.3, -0.25) is 9.62 Å². The molecule has 0 bridgehead atoms. The minimum atomic E-state index is -3.94. The largest absolute Gasteiger partial charge is 0.478 e. The molecule has 35 heavy (non-hydrogen) atoms. The highest BCUT2D eigenvalue weighted by atomic mass is 32.2. The average molecular weight is 498 g/mol. The molecule has 4 rings (SSSR count). The molecule has 9 heteroatoms. The van der Waals surface area contributed by atoms with Crippen molar-refractivity contribution in [3.8, 4) is 0 Å². The number of piperazine rings is 1. The van der Waals surface area contributed by atoms with E-state index in [4.69, 9.17) is 0 Å². The minimum Gasteiger partial charge on any atom is -0.478 e. The molecule has 1 heterocycles. The zero-order valence-corrected chi connectivity index (χ0v) is 20.3. The number of anilines is 2. The second kappa shape index (κ2) is 10.5. The van der Waals surface area contributed by atoms with Crippen LogP contribution in [0, 0.1) is 5.82 Å². The molecular weight excluding hydrogens is 469 g/mol. The van der Waals surface area contributed by atoms with E-state index in [1.807, 2.05) is 17.9 Å². The van der Waals surface area contributed by atoms with Crippen molar-refractivity contribution < 1.29 is 22.7 Å². The molecule has 0 aromatic heterocycles. The van der Waals surface area contributed by atoms with E-state index >= 15 is 0 Å². The van der Waals surface area contributed by atoms with Crippen LogP contribution in [0.15, 0.2) is 71.6 Å². The second-order valence-electron chi connectivity index (χ2n) is 8.49. The van der Waals surface area contributed by atoms with E-state index in [-0.39, 0.29) is 22.0 Å². The predicted molar refractivity (Wildman–Crippen MR) is 134 cm³/mol. The van der Waals surface area contributed by atoms with Crippen LogP contribution in [-0.4, -0.2) is 50.6 Å². The summed E-state index contributed by atoms with van der Waals surface area (Å²) < 4.78 is 42.0. The fraction of sp³-hybridized carbons (Fsp3) is 0.269. The monoisotopic (exact) mass is 497 g/mol. The van der Waals surface area contributed by atoms with E-state index < -0.39 is 16.0 Å². The number of hydrogen-bond donors (Lipinski definition) is 2. The summed E-state index contributed by atoms with van der Waals surface area (Å²) in [5.74, 6) is -1.44. The molecule has 2 N–H and O–H groups in total. The van der Waals surface area contributed by atoms with Gasteiger partial charge < -0.3 is 10.0 Å². The predicted octanol–water partition coefficient (Wildman–Crippen LogP) is 4.21. The van der Waals surface area contributed by atoms with Crippen LogP contribution in [0.5, 0.6) is 0 Å². The number of hydrogen-bond acceptors (Lipinski definition) is 5. The van der Waals surface area contributed by atoms with Crippen molar-refractivity contribution in [3.05, 3.63) is 89.2 Å². The van der Waals surface area contributed by atoms with Gasteiger partial charge in [-0.1, -0.05) is 37.3 Å². The Balaban J connectivity index is 1.47. The molecule has 0 unspecified atom stereocenters. The zero-order valence-electron chi connectivity index (χ0n) is 19.4. The third kappa shape index (κ3) is 5.80. The molecule has 0 amide bonds. The third-order valence-electron chi connectivity index (χ3n) is 6.21. The lowest BCUT2D eigenvalue weighted by Crippen LogP contribution is -2.46. The van der Waals surface area contributed by atoms with E-state index in [2.05, 4.69) is 9.62 Å². The van der Waals surface area contributed by atoms with Gasteiger partial charge in [-0.2, -0.15) is 0 Å². The topological polar surface area (TPSA) is 90.0 Å². The minimum absolute atomic E-state index is 0.0130. The van der Waals surface area contributed by atoms with Crippen molar-refractivity contribution in [3.63, 3.8) is 0 Å². The van der Waals surface area contributed by atoms with Crippen molar-refractivity contribution in [1.82, 2.24) is 4.90 Å². The molecule has 3 aromatic rings. The molecule has 3 aromatic carbocycles. The first-order valence-corrected chi connectivity index (χ1v) is 12.9. The summed E-state index contributed by atoms with van der Waals surface area (Å²) in [4.78, 5) is 16.2. The highest BCUT2D eigenvalue weighted by Gasteiger charge is 2.22. The zero-order chi connectivity index (χ0) is 25.0. The molecule has 1 saturated heterocycles. The Morgan fingerprint density at radius 3 is 2.31 bits per heavy atom.